The van der Waals surface area contributed by atoms with Crippen molar-refractivity contribution in [1.29, 1.82) is 0 Å². The van der Waals surface area contributed by atoms with Crippen LogP contribution in [0.25, 0.3) is 0 Å². The van der Waals surface area contributed by atoms with E-state index in [9.17, 15) is 4.79 Å². The second kappa shape index (κ2) is 6.32. The van der Waals surface area contributed by atoms with E-state index in [1.54, 1.807) is 17.5 Å². The second-order valence-corrected chi connectivity index (χ2v) is 4.96. The number of nitrogens with zero attached hydrogens (tertiary/aromatic N) is 1. The van der Waals surface area contributed by atoms with Crippen molar-refractivity contribution < 1.29 is 14.1 Å². The van der Waals surface area contributed by atoms with E-state index in [1.165, 1.54) is 12.0 Å². The summed E-state index contributed by atoms with van der Waals surface area (Å²) >= 11 is 1.60. The Labute approximate surface area is 109 Å². The molecular formula is C12H14N2O3S. The molecule has 2 aromatic rings. The van der Waals surface area contributed by atoms with Gasteiger partial charge in [-0.05, 0) is 12.1 Å². The van der Waals surface area contributed by atoms with Gasteiger partial charge in [0.25, 0.3) is 0 Å². The SMILES string of the molecule is COC(=O)Cc1ccc(CNCc2ccno2)s1. The Bertz CT molecular complexity index is 493. The van der Waals surface area contributed by atoms with Crippen molar-refractivity contribution in [1.82, 2.24) is 10.5 Å². The van der Waals surface area contributed by atoms with E-state index in [2.05, 4.69) is 15.2 Å². The van der Waals surface area contributed by atoms with Crippen molar-refractivity contribution in [3.05, 3.63) is 39.9 Å². The lowest BCUT2D eigenvalue weighted by atomic mass is 10.3. The van der Waals surface area contributed by atoms with Crippen LogP contribution in [0, 0.1) is 0 Å². The van der Waals surface area contributed by atoms with E-state index in [-0.39, 0.29) is 5.97 Å². The number of methoxy groups -OCH3 is 1. The van der Waals surface area contributed by atoms with Gasteiger partial charge in [0.2, 0.25) is 0 Å². The zero-order valence-corrected chi connectivity index (χ0v) is 10.8. The first-order valence-electron chi connectivity index (χ1n) is 5.52. The van der Waals surface area contributed by atoms with Gasteiger partial charge in [0.05, 0.1) is 26.3 Å². The van der Waals surface area contributed by atoms with E-state index in [4.69, 9.17) is 4.52 Å². The van der Waals surface area contributed by atoms with E-state index in [1.807, 2.05) is 18.2 Å². The van der Waals surface area contributed by atoms with Crippen LogP contribution in [0.4, 0.5) is 0 Å². The average Bonchev–Trinajstić information content (AvgIpc) is 3.01. The molecule has 96 valence electrons. The van der Waals surface area contributed by atoms with E-state index < -0.39 is 0 Å². The summed E-state index contributed by atoms with van der Waals surface area (Å²) in [6.07, 6.45) is 1.96. The Morgan fingerprint density at radius 1 is 1.39 bits per heavy atom. The first-order valence-corrected chi connectivity index (χ1v) is 6.34. The van der Waals surface area contributed by atoms with Crippen molar-refractivity contribution in [2.75, 3.05) is 7.11 Å². The van der Waals surface area contributed by atoms with Gasteiger partial charge in [-0.2, -0.15) is 0 Å². The lowest BCUT2D eigenvalue weighted by Crippen LogP contribution is -2.10. The third kappa shape index (κ3) is 3.68. The zero-order chi connectivity index (χ0) is 12.8. The highest BCUT2D eigenvalue weighted by Gasteiger charge is 2.06. The maximum Gasteiger partial charge on any atom is 0.310 e. The Hall–Kier alpha value is -1.66. The van der Waals surface area contributed by atoms with Crippen molar-refractivity contribution in [3.8, 4) is 0 Å². The van der Waals surface area contributed by atoms with Gasteiger partial charge in [0.1, 0.15) is 5.76 Å². The Morgan fingerprint density at radius 3 is 2.94 bits per heavy atom. The van der Waals surface area contributed by atoms with E-state index >= 15 is 0 Å². The number of hydrogen-bond acceptors (Lipinski definition) is 6. The largest absolute Gasteiger partial charge is 0.469 e. The topological polar surface area (TPSA) is 64.4 Å². The van der Waals surface area contributed by atoms with E-state index in [0.29, 0.717) is 13.0 Å². The van der Waals surface area contributed by atoms with Crippen molar-refractivity contribution >= 4 is 17.3 Å². The number of ether oxygens (including phenoxy) is 1. The molecule has 0 amide bonds. The Kier molecular flexibility index (Phi) is 4.49. The fourth-order valence-corrected chi connectivity index (χ4v) is 2.44. The highest BCUT2D eigenvalue weighted by atomic mass is 32.1. The molecule has 0 saturated heterocycles. The second-order valence-electron chi connectivity index (χ2n) is 3.70. The quantitative estimate of drug-likeness (QED) is 0.807. The monoisotopic (exact) mass is 266 g/mol. The molecule has 0 aliphatic carbocycles. The molecule has 0 aliphatic heterocycles. The Morgan fingerprint density at radius 2 is 2.22 bits per heavy atom. The van der Waals surface area contributed by atoms with Crippen LogP contribution in [0.5, 0.6) is 0 Å². The lowest BCUT2D eigenvalue weighted by molar-refractivity contribution is -0.139. The van der Waals surface area contributed by atoms with Crippen LogP contribution in [0.15, 0.2) is 28.9 Å². The van der Waals surface area contributed by atoms with Crippen LogP contribution < -0.4 is 5.32 Å². The van der Waals surface area contributed by atoms with Crippen LogP contribution in [-0.2, 0) is 29.0 Å². The third-order valence-electron chi connectivity index (χ3n) is 2.35. The normalized spacial score (nSPS) is 10.5. The minimum atomic E-state index is -0.210. The van der Waals surface area contributed by atoms with Gasteiger partial charge in [-0.1, -0.05) is 5.16 Å². The van der Waals surface area contributed by atoms with Gasteiger partial charge < -0.3 is 14.6 Å². The summed E-state index contributed by atoms with van der Waals surface area (Å²) in [7, 11) is 1.40. The highest BCUT2D eigenvalue weighted by molar-refractivity contribution is 7.12. The third-order valence-corrected chi connectivity index (χ3v) is 3.44. The van der Waals surface area contributed by atoms with Gasteiger partial charge in [-0.3, -0.25) is 4.79 Å². The Balaban J connectivity index is 1.78. The number of carbonyl (C=O) groups is 1. The molecule has 0 spiro atoms. The molecule has 0 saturated carbocycles. The molecule has 0 aliphatic rings. The highest BCUT2D eigenvalue weighted by Crippen LogP contribution is 2.17. The van der Waals surface area contributed by atoms with Crippen LogP contribution >= 0.6 is 11.3 Å². The summed E-state index contributed by atoms with van der Waals surface area (Å²) in [6, 6.07) is 5.79. The first kappa shape index (κ1) is 12.8. The van der Waals surface area contributed by atoms with Gasteiger partial charge in [0, 0.05) is 22.4 Å². The maximum atomic E-state index is 11.1. The minimum Gasteiger partial charge on any atom is -0.469 e. The molecule has 0 atom stereocenters. The number of hydrogen-bond donors (Lipinski definition) is 1. The fraction of sp³-hybridized carbons (Fsp3) is 0.333. The summed E-state index contributed by atoms with van der Waals surface area (Å²) < 4.78 is 9.60. The molecule has 2 rings (SSSR count). The summed E-state index contributed by atoms with van der Waals surface area (Å²) in [4.78, 5) is 13.3. The van der Waals surface area contributed by atoms with Gasteiger partial charge >= 0.3 is 5.97 Å². The summed E-state index contributed by atoms with van der Waals surface area (Å²) in [5.41, 5.74) is 0. The molecule has 0 aromatic carbocycles. The van der Waals surface area contributed by atoms with Crippen molar-refractivity contribution in [3.63, 3.8) is 0 Å². The number of rotatable bonds is 6. The average molecular weight is 266 g/mol. The number of aromatic nitrogens is 1. The molecule has 6 heteroatoms. The number of thiophene rings is 1. The van der Waals surface area contributed by atoms with Crippen LogP contribution in [0.1, 0.15) is 15.5 Å². The number of esters is 1. The molecule has 0 unspecified atom stereocenters. The number of carbonyl (C=O) groups excluding carboxylic acids is 1. The summed E-state index contributed by atoms with van der Waals surface area (Å²) in [6.45, 7) is 1.39. The van der Waals surface area contributed by atoms with Crippen LogP contribution in [0.2, 0.25) is 0 Å². The molecule has 2 aromatic heterocycles. The van der Waals surface area contributed by atoms with Crippen LogP contribution in [0.3, 0.4) is 0 Å². The summed E-state index contributed by atoms with van der Waals surface area (Å²) in [5, 5.41) is 6.88. The molecule has 2 heterocycles. The smallest absolute Gasteiger partial charge is 0.310 e. The van der Waals surface area contributed by atoms with Gasteiger partial charge in [0.15, 0.2) is 0 Å². The first-order chi connectivity index (χ1) is 8.78. The number of nitrogens with one attached hydrogen (secondary N) is 1. The summed E-state index contributed by atoms with van der Waals surface area (Å²) in [5.74, 6) is 0.597. The predicted octanol–water partition coefficient (Wildman–Crippen LogP) is 1.74. The fourth-order valence-electron chi connectivity index (χ4n) is 1.47. The van der Waals surface area contributed by atoms with Crippen LogP contribution in [-0.4, -0.2) is 18.2 Å². The van der Waals surface area contributed by atoms with Gasteiger partial charge in [-0.15, -0.1) is 11.3 Å². The standard InChI is InChI=1S/C12H14N2O3S/c1-16-12(15)6-10-2-3-11(18-10)8-13-7-9-4-5-14-17-9/h2-5,13H,6-8H2,1H3. The van der Waals surface area contributed by atoms with Crippen molar-refractivity contribution in [2.24, 2.45) is 0 Å². The minimum absolute atomic E-state index is 0.210. The molecule has 0 fully saturated rings. The van der Waals surface area contributed by atoms with Gasteiger partial charge in [-0.25, -0.2) is 0 Å². The molecule has 0 bridgehead atoms. The van der Waals surface area contributed by atoms with Crippen molar-refractivity contribution in [2.45, 2.75) is 19.5 Å². The maximum absolute atomic E-state index is 11.1. The lowest BCUT2D eigenvalue weighted by Gasteiger charge is -1.99. The molecule has 1 N–H and O–H groups in total. The molecule has 18 heavy (non-hydrogen) atoms. The predicted molar refractivity (Wildman–Crippen MR) is 67.1 cm³/mol. The molecular weight excluding hydrogens is 252 g/mol. The zero-order valence-electron chi connectivity index (χ0n) is 10.0. The molecule has 5 nitrogen and oxygen atoms in total. The molecule has 0 radical (unpaired) electrons. The van der Waals surface area contributed by atoms with E-state index in [0.717, 1.165) is 17.2 Å².